The van der Waals surface area contributed by atoms with Crippen LogP contribution in [0.4, 0.5) is 70.2 Å². The van der Waals surface area contributed by atoms with Crippen molar-refractivity contribution in [3.8, 4) is 5.75 Å². The maximum Gasteiger partial charge on any atom is 0.471 e. The summed E-state index contributed by atoms with van der Waals surface area (Å²) in [6.45, 7) is 8.52. The van der Waals surface area contributed by atoms with Crippen molar-refractivity contribution < 1.29 is 88.0 Å². The van der Waals surface area contributed by atoms with Gasteiger partial charge in [0.25, 0.3) is 0 Å². The molecule has 0 aliphatic heterocycles. The third-order valence-corrected chi connectivity index (χ3v) is 6.82. The summed E-state index contributed by atoms with van der Waals surface area (Å²) in [7, 11) is -7.92. The molecule has 0 saturated carbocycles. The molecule has 1 aromatic carbocycles. The normalized spacial score (nSPS) is 16.0. The Labute approximate surface area is 233 Å². The minimum absolute atomic E-state index is 0.0284. The van der Waals surface area contributed by atoms with Crippen LogP contribution in [-0.4, -0.2) is 59.9 Å². The Morgan fingerprint density at radius 2 is 0.791 bits per heavy atom. The summed E-state index contributed by atoms with van der Waals surface area (Å²) in [5.74, 6) is -52.9. The van der Waals surface area contributed by atoms with E-state index in [0.29, 0.717) is 12.1 Å². The molecule has 0 unspecified atom stereocenters. The van der Waals surface area contributed by atoms with Crippen LogP contribution in [0.25, 0.3) is 0 Å². The van der Waals surface area contributed by atoms with Crippen molar-refractivity contribution in [1.82, 2.24) is 0 Å². The molecule has 4 nitrogen and oxygen atoms in total. The summed E-state index contributed by atoms with van der Waals surface area (Å²) in [6.07, 6.45) is -7.04. The van der Waals surface area contributed by atoms with Crippen LogP contribution in [0.15, 0.2) is 18.2 Å². The molecule has 0 aliphatic rings. The molecule has 1 N–H and O–H groups in total. The first kappa shape index (κ1) is 38.8. The van der Waals surface area contributed by atoms with Crippen LogP contribution >= 0.6 is 0 Å². The Kier molecular flexibility index (Phi) is 9.18. The van der Waals surface area contributed by atoms with Crippen molar-refractivity contribution in [2.24, 2.45) is 0 Å². The zero-order chi connectivity index (χ0) is 35.1. The third-order valence-electron chi connectivity index (χ3n) is 5.91. The van der Waals surface area contributed by atoms with Gasteiger partial charge >= 0.3 is 57.0 Å². The van der Waals surface area contributed by atoms with E-state index in [1.54, 1.807) is 0 Å². The molecule has 0 aliphatic carbocycles. The van der Waals surface area contributed by atoms with Gasteiger partial charge in [-0.1, -0.05) is 47.6 Å². The predicted octanol–water partition coefficient (Wildman–Crippen LogP) is 8.55. The summed E-state index contributed by atoms with van der Waals surface area (Å²) in [5, 5.41) is -7.84. The lowest BCUT2D eigenvalue weighted by atomic mass is 9.80. The largest absolute Gasteiger partial charge is 0.471 e. The first-order chi connectivity index (χ1) is 18.3. The second kappa shape index (κ2) is 10.2. The van der Waals surface area contributed by atoms with E-state index < -0.39 is 73.6 Å². The monoisotopic (exact) mass is 686 g/mol. The minimum Gasteiger partial charge on any atom is -0.428 e. The number of halogens is 16. The van der Waals surface area contributed by atoms with Gasteiger partial charge in [0, 0.05) is 0 Å². The van der Waals surface area contributed by atoms with E-state index in [1.165, 1.54) is 47.6 Å². The molecule has 0 bridgehead atoms. The molecule has 21 heteroatoms. The van der Waals surface area contributed by atoms with Gasteiger partial charge in [-0.2, -0.15) is 78.7 Å². The molecule has 0 atom stereocenters. The van der Waals surface area contributed by atoms with Crippen molar-refractivity contribution in [2.75, 3.05) is 0 Å². The van der Waals surface area contributed by atoms with Gasteiger partial charge in [-0.15, -0.1) is 0 Å². The number of alkyl halides is 16. The Balaban J connectivity index is 3.83. The number of ether oxygens (including phenoxy) is 1. The summed E-state index contributed by atoms with van der Waals surface area (Å²) >= 11 is 0. The van der Waals surface area contributed by atoms with Gasteiger partial charge in [-0.05, 0) is 34.1 Å². The lowest BCUT2D eigenvalue weighted by Gasteiger charge is -2.42. The second-order valence-corrected chi connectivity index (χ2v) is 12.8. The topological polar surface area (TPSA) is 63.6 Å². The van der Waals surface area contributed by atoms with Crippen molar-refractivity contribution in [3.63, 3.8) is 0 Å². The molecule has 0 spiro atoms. The van der Waals surface area contributed by atoms with Crippen LogP contribution in [0.5, 0.6) is 5.75 Å². The zero-order valence-electron chi connectivity index (χ0n) is 22.4. The molecule has 0 aromatic heterocycles. The fourth-order valence-electron chi connectivity index (χ4n) is 3.05. The predicted molar refractivity (Wildman–Crippen MR) is 116 cm³/mol. The van der Waals surface area contributed by atoms with E-state index in [4.69, 9.17) is 4.55 Å². The van der Waals surface area contributed by atoms with Crippen LogP contribution in [-0.2, 0) is 20.9 Å². The molecule has 1 aromatic rings. The Morgan fingerprint density at radius 1 is 0.512 bits per heavy atom. The van der Waals surface area contributed by atoms with Crippen LogP contribution in [0.3, 0.4) is 0 Å². The van der Waals surface area contributed by atoms with Gasteiger partial charge < -0.3 is 4.74 Å². The molecule has 0 amide bonds. The fraction of sp³-hybridized carbons (Fsp3) is 0.727. The lowest BCUT2D eigenvalue weighted by molar-refractivity contribution is -0.462. The van der Waals surface area contributed by atoms with E-state index >= 15 is 0 Å². The first-order valence-corrected chi connectivity index (χ1v) is 12.6. The maximum atomic E-state index is 14.4. The smallest absolute Gasteiger partial charge is 0.428 e. The first-order valence-electron chi connectivity index (χ1n) is 11.1. The van der Waals surface area contributed by atoms with Gasteiger partial charge in [-0.25, -0.2) is 0 Å². The molecular formula is C22H22F16O4S. The van der Waals surface area contributed by atoms with E-state index in [9.17, 15) is 78.7 Å². The maximum absolute atomic E-state index is 14.4. The quantitative estimate of drug-likeness (QED) is 0.198. The number of benzene rings is 1. The highest BCUT2D eigenvalue weighted by molar-refractivity contribution is 7.87. The highest BCUT2D eigenvalue weighted by Crippen LogP contribution is 2.64. The summed E-state index contributed by atoms with van der Waals surface area (Å²) in [5.41, 5.74) is -2.12. The average Bonchev–Trinajstić information content (AvgIpc) is 2.75. The van der Waals surface area contributed by atoms with E-state index in [2.05, 4.69) is 4.74 Å². The Hall–Kier alpha value is -2.19. The molecule has 0 heterocycles. The fourth-order valence-corrected chi connectivity index (χ4v) is 3.50. The average molecular weight is 686 g/mol. The standard InChI is InChI=1S/C22H22F16O4S/c1-13(2,3)10-7-11(14(4,5)6)9-12(8-10)42-21(35,36)19(31,32)17(27,28)15(23,24)16(25,26)18(29,30)20(33,34)22(37,38)43(39,40)41/h7-9H,1-6H3,(H,39,40,41). The van der Waals surface area contributed by atoms with Gasteiger partial charge in [0.15, 0.2) is 0 Å². The lowest BCUT2D eigenvalue weighted by Crippen LogP contribution is -2.75. The summed E-state index contributed by atoms with van der Waals surface area (Å²) in [6, 6.07) is 2.32. The van der Waals surface area contributed by atoms with Gasteiger partial charge in [0.2, 0.25) is 0 Å². The van der Waals surface area contributed by atoms with Gasteiger partial charge in [-0.3, -0.25) is 4.55 Å². The number of hydrogen-bond donors (Lipinski definition) is 1. The van der Waals surface area contributed by atoms with Crippen molar-refractivity contribution >= 4 is 10.1 Å². The molecule has 252 valence electrons. The van der Waals surface area contributed by atoms with Crippen molar-refractivity contribution in [2.45, 2.75) is 99.3 Å². The molecule has 1 rings (SSSR count). The molecule has 0 fully saturated rings. The van der Waals surface area contributed by atoms with Gasteiger partial charge in [0.1, 0.15) is 5.75 Å². The third kappa shape index (κ3) is 5.83. The number of rotatable bonds is 10. The highest BCUT2D eigenvalue weighted by atomic mass is 32.2. The van der Waals surface area contributed by atoms with Crippen LogP contribution in [0.2, 0.25) is 0 Å². The second-order valence-electron chi connectivity index (χ2n) is 11.3. The van der Waals surface area contributed by atoms with Crippen LogP contribution in [0, 0.1) is 0 Å². The zero-order valence-corrected chi connectivity index (χ0v) is 23.2. The van der Waals surface area contributed by atoms with Crippen molar-refractivity contribution in [1.29, 1.82) is 0 Å². The summed E-state index contributed by atoms with van der Waals surface area (Å²) in [4.78, 5) is 0. The molecule has 0 saturated heterocycles. The highest BCUT2D eigenvalue weighted by Gasteiger charge is 2.96. The number of hydrogen-bond acceptors (Lipinski definition) is 3. The van der Waals surface area contributed by atoms with Crippen LogP contribution < -0.4 is 4.74 Å². The SMILES string of the molecule is CC(C)(C)c1cc(OC(F)(F)C(F)(F)C(F)(F)C(F)(F)C(F)(F)C(F)(F)C(F)(F)C(F)(F)S(=O)(=O)O)cc(C(C)(C)C)c1. The van der Waals surface area contributed by atoms with Crippen molar-refractivity contribution in [3.05, 3.63) is 29.3 Å². The van der Waals surface area contributed by atoms with Crippen LogP contribution in [0.1, 0.15) is 52.7 Å². The molecule has 43 heavy (non-hydrogen) atoms. The van der Waals surface area contributed by atoms with Gasteiger partial charge in [0.05, 0.1) is 0 Å². The Bertz CT molecular complexity index is 1280. The minimum atomic E-state index is -8.85. The van der Waals surface area contributed by atoms with E-state index in [0.717, 1.165) is 0 Å². The van der Waals surface area contributed by atoms with E-state index in [-0.39, 0.29) is 11.1 Å². The summed E-state index contributed by atoms with van der Waals surface area (Å²) < 4.78 is 255. The molecular weight excluding hydrogens is 664 g/mol. The molecule has 0 radical (unpaired) electrons. The Morgan fingerprint density at radius 3 is 1.07 bits per heavy atom. The van der Waals surface area contributed by atoms with E-state index in [1.807, 2.05) is 0 Å².